The summed E-state index contributed by atoms with van der Waals surface area (Å²) >= 11 is 1.10. The summed E-state index contributed by atoms with van der Waals surface area (Å²) in [6.07, 6.45) is 0. The molecule has 3 aromatic rings. The lowest BCUT2D eigenvalue weighted by Gasteiger charge is -2.17. The maximum Gasteiger partial charge on any atom is 0.321 e. The average Bonchev–Trinajstić information content (AvgIpc) is 2.78. The SMILES string of the molecule is COc1cccc(-n2c(SC(C)C(=O)NC(=O)NCC(C)C)nc3ccccc3c2=O)c1. The second-order valence-corrected chi connectivity index (χ2v) is 8.91. The summed E-state index contributed by atoms with van der Waals surface area (Å²) < 4.78 is 6.75. The van der Waals surface area contributed by atoms with E-state index in [4.69, 9.17) is 4.74 Å². The van der Waals surface area contributed by atoms with Crippen LogP contribution in [0, 0.1) is 5.92 Å². The van der Waals surface area contributed by atoms with Crippen LogP contribution in [0.15, 0.2) is 58.5 Å². The molecule has 0 aliphatic carbocycles. The molecule has 0 fully saturated rings. The van der Waals surface area contributed by atoms with Gasteiger partial charge in [0.25, 0.3) is 5.56 Å². The number of hydrogen-bond acceptors (Lipinski definition) is 6. The molecule has 32 heavy (non-hydrogen) atoms. The number of thioether (sulfide) groups is 1. The number of nitrogens with zero attached hydrogens (tertiary/aromatic N) is 2. The monoisotopic (exact) mass is 454 g/mol. The van der Waals surface area contributed by atoms with Crippen molar-refractivity contribution in [2.24, 2.45) is 5.92 Å². The smallest absolute Gasteiger partial charge is 0.321 e. The first-order valence-electron chi connectivity index (χ1n) is 10.2. The van der Waals surface area contributed by atoms with Crippen LogP contribution >= 0.6 is 11.8 Å². The number of fused-ring (bicyclic) bond motifs is 1. The van der Waals surface area contributed by atoms with E-state index in [2.05, 4.69) is 15.6 Å². The Balaban J connectivity index is 1.95. The highest BCUT2D eigenvalue weighted by Crippen LogP contribution is 2.26. The Morgan fingerprint density at radius 3 is 2.59 bits per heavy atom. The van der Waals surface area contributed by atoms with Crippen LogP contribution in [0.25, 0.3) is 16.6 Å². The minimum Gasteiger partial charge on any atom is -0.497 e. The van der Waals surface area contributed by atoms with Crippen molar-refractivity contribution in [3.05, 3.63) is 58.9 Å². The van der Waals surface area contributed by atoms with Gasteiger partial charge in [-0.05, 0) is 37.1 Å². The highest BCUT2D eigenvalue weighted by atomic mass is 32.2. The van der Waals surface area contributed by atoms with Crippen LogP contribution in [0.3, 0.4) is 0 Å². The molecule has 0 saturated heterocycles. The van der Waals surface area contributed by atoms with Crippen molar-refractivity contribution in [2.75, 3.05) is 13.7 Å². The lowest BCUT2D eigenvalue weighted by Crippen LogP contribution is -2.43. The number of amides is 3. The third-order valence-electron chi connectivity index (χ3n) is 4.62. The van der Waals surface area contributed by atoms with Gasteiger partial charge in [0, 0.05) is 12.6 Å². The Morgan fingerprint density at radius 2 is 1.88 bits per heavy atom. The summed E-state index contributed by atoms with van der Waals surface area (Å²) in [7, 11) is 1.55. The third-order valence-corrected chi connectivity index (χ3v) is 5.67. The van der Waals surface area contributed by atoms with Crippen molar-refractivity contribution in [1.29, 1.82) is 0 Å². The number of hydrogen-bond donors (Lipinski definition) is 2. The number of nitrogens with one attached hydrogen (secondary N) is 2. The van der Waals surface area contributed by atoms with E-state index >= 15 is 0 Å². The van der Waals surface area contributed by atoms with Crippen molar-refractivity contribution >= 4 is 34.6 Å². The highest BCUT2D eigenvalue weighted by molar-refractivity contribution is 8.00. The first-order chi connectivity index (χ1) is 15.3. The predicted octanol–water partition coefficient (Wildman–Crippen LogP) is 3.36. The Labute approximate surface area is 190 Å². The molecule has 9 heteroatoms. The molecule has 0 radical (unpaired) electrons. The van der Waals surface area contributed by atoms with Gasteiger partial charge in [-0.25, -0.2) is 9.78 Å². The molecule has 168 valence electrons. The largest absolute Gasteiger partial charge is 0.497 e. The van der Waals surface area contributed by atoms with Gasteiger partial charge in [0.1, 0.15) is 5.75 Å². The number of carbonyl (C=O) groups is 2. The van der Waals surface area contributed by atoms with Crippen LogP contribution in [0.5, 0.6) is 5.75 Å². The van der Waals surface area contributed by atoms with Gasteiger partial charge in [-0.2, -0.15) is 0 Å². The molecule has 1 unspecified atom stereocenters. The summed E-state index contributed by atoms with van der Waals surface area (Å²) in [5, 5.41) is 5.12. The number of methoxy groups -OCH3 is 1. The first-order valence-corrected chi connectivity index (χ1v) is 11.1. The number of carbonyl (C=O) groups excluding carboxylic acids is 2. The number of para-hydroxylation sites is 1. The molecule has 1 atom stereocenters. The third kappa shape index (κ3) is 5.47. The normalized spacial score (nSPS) is 11.9. The van der Waals surface area contributed by atoms with Gasteiger partial charge < -0.3 is 10.1 Å². The topological polar surface area (TPSA) is 102 Å². The summed E-state index contributed by atoms with van der Waals surface area (Å²) in [6, 6.07) is 13.6. The van der Waals surface area contributed by atoms with Crippen LogP contribution in [0.4, 0.5) is 4.79 Å². The number of imide groups is 1. The van der Waals surface area contributed by atoms with Gasteiger partial charge in [-0.15, -0.1) is 0 Å². The standard InChI is InChI=1S/C23H26N4O4S/c1-14(2)13-24-22(30)26-20(28)15(3)32-23-25-19-11-6-5-10-18(19)21(29)27(23)16-8-7-9-17(12-16)31-4/h5-12,14-15H,13H2,1-4H3,(H2,24,26,28,30). The number of aromatic nitrogens is 2. The van der Waals surface area contributed by atoms with E-state index in [1.165, 1.54) is 4.57 Å². The molecule has 0 spiro atoms. The minimum absolute atomic E-state index is 0.256. The van der Waals surface area contributed by atoms with E-state index in [1.54, 1.807) is 62.6 Å². The fourth-order valence-corrected chi connectivity index (χ4v) is 3.86. The van der Waals surface area contributed by atoms with E-state index in [0.717, 1.165) is 11.8 Å². The van der Waals surface area contributed by atoms with Gasteiger partial charge in [0.05, 0.1) is 29.0 Å². The fraction of sp³-hybridized carbons (Fsp3) is 0.304. The lowest BCUT2D eigenvalue weighted by atomic mass is 10.2. The summed E-state index contributed by atoms with van der Waals surface area (Å²) in [4.78, 5) is 42.5. The van der Waals surface area contributed by atoms with E-state index in [0.29, 0.717) is 34.0 Å². The van der Waals surface area contributed by atoms with Crippen molar-refractivity contribution < 1.29 is 14.3 Å². The molecule has 0 aliphatic rings. The molecule has 2 N–H and O–H groups in total. The Morgan fingerprint density at radius 1 is 1.12 bits per heavy atom. The number of rotatable bonds is 7. The van der Waals surface area contributed by atoms with Crippen LogP contribution < -0.4 is 20.9 Å². The van der Waals surface area contributed by atoms with E-state index in [1.807, 2.05) is 13.8 Å². The molecule has 3 rings (SSSR count). The molecule has 1 heterocycles. The Bertz CT molecular complexity index is 1190. The molecule has 0 bridgehead atoms. The zero-order valence-electron chi connectivity index (χ0n) is 18.4. The van der Waals surface area contributed by atoms with Crippen molar-refractivity contribution in [3.8, 4) is 11.4 Å². The molecule has 0 saturated carbocycles. The molecule has 1 aromatic heterocycles. The lowest BCUT2D eigenvalue weighted by molar-refractivity contribution is -0.119. The van der Waals surface area contributed by atoms with E-state index < -0.39 is 17.2 Å². The molecule has 3 amide bonds. The molecular formula is C23H26N4O4S. The van der Waals surface area contributed by atoms with Crippen LogP contribution in [0.1, 0.15) is 20.8 Å². The highest BCUT2D eigenvalue weighted by Gasteiger charge is 2.22. The van der Waals surface area contributed by atoms with Gasteiger partial charge in [0.15, 0.2) is 5.16 Å². The van der Waals surface area contributed by atoms with Crippen molar-refractivity contribution in [1.82, 2.24) is 20.2 Å². The predicted molar refractivity (Wildman–Crippen MR) is 126 cm³/mol. The summed E-state index contributed by atoms with van der Waals surface area (Å²) in [5.41, 5.74) is 0.840. The molecular weight excluding hydrogens is 428 g/mol. The number of urea groups is 1. The average molecular weight is 455 g/mol. The van der Waals surface area contributed by atoms with Crippen molar-refractivity contribution in [2.45, 2.75) is 31.2 Å². The van der Waals surface area contributed by atoms with E-state index in [9.17, 15) is 14.4 Å². The molecule has 8 nitrogen and oxygen atoms in total. The molecule has 0 aliphatic heterocycles. The first kappa shape index (κ1) is 23.3. The Kier molecular flexibility index (Phi) is 7.53. The second-order valence-electron chi connectivity index (χ2n) is 7.61. The van der Waals surface area contributed by atoms with Crippen LogP contribution in [-0.2, 0) is 4.79 Å². The van der Waals surface area contributed by atoms with Gasteiger partial charge in [0.2, 0.25) is 5.91 Å². The van der Waals surface area contributed by atoms with Gasteiger partial charge in [-0.3, -0.25) is 19.5 Å². The zero-order valence-corrected chi connectivity index (χ0v) is 19.2. The van der Waals surface area contributed by atoms with Crippen molar-refractivity contribution in [3.63, 3.8) is 0 Å². The Hall–Kier alpha value is -3.33. The van der Waals surface area contributed by atoms with Crippen LogP contribution in [0.2, 0.25) is 0 Å². The number of benzene rings is 2. The van der Waals surface area contributed by atoms with E-state index in [-0.39, 0.29) is 11.5 Å². The van der Waals surface area contributed by atoms with Gasteiger partial charge >= 0.3 is 6.03 Å². The number of ether oxygens (including phenoxy) is 1. The maximum atomic E-state index is 13.3. The molecule has 2 aromatic carbocycles. The maximum absolute atomic E-state index is 13.3. The minimum atomic E-state index is -0.676. The summed E-state index contributed by atoms with van der Waals surface area (Å²) in [6.45, 7) is 6.04. The zero-order chi connectivity index (χ0) is 23.3. The summed E-state index contributed by atoms with van der Waals surface area (Å²) in [5.74, 6) is 0.378. The second kappa shape index (κ2) is 10.3. The quantitative estimate of drug-likeness (QED) is 0.419. The van der Waals surface area contributed by atoms with Gasteiger partial charge in [-0.1, -0.05) is 43.8 Å². The van der Waals surface area contributed by atoms with Crippen LogP contribution in [-0.4, -0.2) is 40.4 Å². The fourth-order valence-electron chi connectivity index (χ4n) is 2.93.